The number of hydrogen-bond donors (Lipinski definition) is 0. The molecule has 1 atom stereocenters. The second kappa shape index (κ2) is 8.61. The van der Waals surface area contributed by atoms with Crippen molar-refractivity contribution in [3.05, 3.63) is 71.3 Å². The summed E-state index contributed by atoms with van der Waals surface area (Å²) in [6, 6.07) is 14.0. The molecule has 8 heteroatoms. The van der Waals surface area contributed by atoms with Crippen molar-refractivity contribution in [1.82, 2.24) is 25.1 Å². The number of hydrogen-bond acceptors (Lipinski definition) is 5. The normalized spacial score (nSPS) is 15.3. The number of anilines is 1. The maximum atomic E-state index is 13.4. The van der Waals surface area contributed by atoms with Crippen molar-refractivity contribution in [2.45, 2.75) is 26.3 Å². The molecule has 1 unspecified atom stereocenters. The van der Waals surface area contributed by atoms with Gasteiger partial charge in [0.2, 0.25) is 5.91 Å². The predicted molar refractivity (Wildman–Crippen MR) is 112 cm³/mol. The average Bonchev–Trinajstić information content (AvgIpc) is 3.19. The number of amides is 1. The number of rotatable bonds is 5. The van der Waals surface area contributed by atoms with Crippen molar-refractivity contribution in [1.29, 1.82) is 0 Å². The van der Waals surface area contributed by atoms with Gasteiger partial charge in [-0.2, -0.15) is 0 Å². The number of halogens is 1. The fourth-order valence-corrected chi connectivity index (χ4v) is 3.95. The van der Waals surface area contributed by atoms with Crippen LogP contribution in [0.3, 0.4) is 0 Å². The van der Waals surface area contributed by atoms with E-state index in [1.165, 1.54) is 23.4 Å². The zero-order valence-corrected chi connectivity index (χ0v) is 17.2. The van der Waals surface area contributed by atoms with Gasteiger partial charge >= 0.3 is 0 Å². The van der Waals surface area contributed by atoms with Crippen LogP contribution in [0.2, 0.25) is 0 Å². The summed E-state index contributed by atoms with van der Waals surface area (Å²) in [5, 5.41) is 11.7. The standard InChI is InChI=1S/C22H25FN6O/c1-16-5-3-4-6-20(16)27-11-13-28(14-12-27)22(30)21(29-17(2)24-25-26-29)15-18-7-9-19(23)10-8-18/h3-10,21H,11-15H2,1-2H3. The Kier molecular flexibility index (Phi) is 5.74. The third-order valence-corrected chi connectivity index (χ3v) is 5.63. The van der Waals surface area contributed by atoms with Gasteiger partial charge in [-0.1, -0.05) is 30.3 Å². The zero-order valence-electron chi connectivity index (χ0n) is 17.2. The SMILES string of the molecule is Cc1ccccc1N1CCN(C(=O)C(Cc2ccc(F)cc2)n2nnnc2C)CC1. The molecule has 7 nitrogen and oxygen atoms in total. The Hall–Kier alpha value is -3.29. The Balaban J connectivity index is 1.50. The molecule has 0 radical (unpaired) electrons. The molecule has 30 heavy (non-hydrogen) atoms. The first-order chi connectivity index (χ1) is 14.5. The van der Waals surface area contributed by atoms with Gasteiger partial charge in [0.25, 0.3) is 0 Å². The van der Waals surface area contributed by atoms with Crippen LogP contribution in [0.5, 0.6) is 0 Å². The van der Waals surface area contributed by atoms with E-state index in [0.29, 0.717) is 25.3 Å². The Bertz CT molecular complexity index is 1010. The van der Waals surface area contributed by atoms with Crippen molar-refractivity contribution in [3.63, 3.8) is 0 Å². The highest BCUT2D eigenvalue weighted by Crippen LogP contribution is 2.23. The lowest BCUT2D eigenvalue weighted by atomic mass is 10.0. The summed E-state index contributed by atoms with van der Waals surface area (Å²) in [7, 11) is 0. The minimum atomic E-state index is -0.560. The van der Waals surface area contributed by atoms with Crippen LogP contribution in [0.15, 0.2) is 48.5 Å². The Morgan fingerprint density at radius 1 is 1.03 bits per heavy atom. The molecule has 0 saturated carbocycles. The zero-order chi connectivity index (χ0) is 21.1. The second-order valence-electron chi connectivity index (χ2n) is 7.62. The summed E-state index contributed by atoms with van der Waals surface area (Å²) in [5.74, 6) is 0.265. The average molecular weight is 408 g/mol. The molecule has 1 aromatic heterocycles. The van der Waals surface area contributed by atoms with Crippen LogP contribution in [0.4, 0.5) is 10.1 Å². The number of piperazine rings is 1. The quantitative estimate of drug-likeness (QED) is 0.649. The maximum absolute atomic E-state index is 13.4. The van der Waals surface area contributed by atoms with E-state index >= 15 is 0 Å². The lowest BCUT2D eigenvalue weighted by molar-refractivity contribution is -0.135. The van der Waals surface area contributed by atoms with E-state index in [4.69, 9.17) is 0 Å². The number of nitrogens with zero attached hydrogens (tertiary/aromatic N) is 6. The molecule has 4 rings (SSSR count). The third kappa shape index (κ3) is 4.17. The first-order valence-corrected chi connectivity index (χ1v) is 10.1. The van der Waals surface area contributed by atoms with Crippen LogP contribution >= 0.6 is 0 Å². The minimum Gasteiger partial charge on any atom is -0.368 e. The number of tetrazole rings is 1. The van der Waals surface area contributed by atoms with Crippen LogP contribution in [0.25, 0.3) is 0 Å². The number of para-hydroxylation sites is 1. The summed E-state index contributed by atoms with van der Waals surface area (Å²) in [5.41, 5.74) is 3.31. The Morgan fingerprint density at radius 2 is 1.73 bits per heavy atom. The molecular weight excluding hydrogens is 383 g/mol. The van der Waals surface area contributed by atoms with Gasteiger partial charge in [0, 0.05) is 38.3 Å². The van der Waals surface area contributed by atoms with Crippen molar-refractivity contribution in [2.75, 3.05) is 31.1 Å². The third-order valence-electron chi connectivity index (χ3n) is 5.63. The van der Waals surface area contributed by atoms with E-state index in [1.54, 1.807) is 23.7 Å². The monoisotopic (exact) mass is 408 g/mol. The molecule has 2 aromatic carbocycles. The van der Waals surface area contributed by atoms with Crippen molar-refractivity contribution < 1.29 is 9.18 Å². The van der Waals surface area contributed by atoms with Crippen molar-refractivity contribution in [3.8, 4) is 0 Å². The highest BCUT2D eigenvalue weighted by atomic mass is 19.1. The van der Waals surface area contributed by atoms with Gasteiger partial charge in [-0.05, 0) is 53.6 Å². The molecule has 1 aliphatic rings. The van der Waals surface area contributed by atoms with E-state index < -0.39 is 6.04 Å². The molecule has 2 heterocycles. The molecule has 3 aromatic rings. The van der Waals surface area contributed by atoms with E-state index in [0.717, 1.165) is 18.7 Å². The molecule has 1 saturated heterocycles. The summed E-state index contributed by atoms with van der Waals surface area (Å²) < 4.78 is 14.9. The maximum Gasteiger partial charge on any atom is 0.248 e. The highest BCUT2D eigenvalue weighted by Gasteiger charge is 2.31. The molecule has 1 amide bonds. The van der Waals surface area contributed by atoms with E-state index in [1.807, 2.05) is 17.0 Å². The Morgan fingerprint density at radius 3 is 2.37 bits per heavy atom. The van der Waals surface area contributed by atoms with Gasteiger partial charge in [0.1, 0.15) is 17.7 Å². The van der Waals surface area contributed by atoms with Gasteiger partial charge in [0.15, 0.2) is 0 Å². The number of carbonyl (C=O) groups excluding carboxylic acids is 1. The first kappa shape index (κ1) is 20.0. The van der Waals surface area contributed by atoms with E-state index in [9.17, 15) is 9.18 Å². The molecule has 0 spiro atoms. The number of aromatic nitrogens is 4. The Labute approximate surface area is 175 Å². The largest absolute Gasteiger partial charge is 0.368 e. The molecule has 156 valence electrons. The summed E-state index contributed by atoms with van der Waals surface area (Å²) in [4.78, 5) is 17.6. The van der Waals surface area contributed by atoms with Crippen molar-refractivity contribution >= 4 is 11.6 Å². The minimum absolute atomic E-state index is 0.0147. The van der Waals surface area contributed by atoms with Gasteiger partial charge < -0.3 is 9.80 Å². The van der Waals surface area contributed by atoms with Crippen molar-refractivity contribution in [2.24, 2.45) is 0 Å². The van der Waals surface area contributed by atoms with Crippen LogP contribution in [-0.4, -0.2) is 57.2 Å². The molecule has 1 fully saturated rings. The summed E-state index contributed by atoms with van der Waals surface area (Å²) in [6.45, 7) is 6.69. The molecule has 0 bridgehead atoms. The van der Waals surface area contributed by atoms with Crippen LogP contribution in [-0.2, 0) is 11.2 Å². The smallest absolute Gasteiger partial charge is 0.248 e. The molecule has 1 aliphatic heterocycles. The fourth-order valence-electron chi connectivity index (χ4n) is 3.95. The van der Waals surface area contributed by atoms with Gasteiger partial charge in [-0.25, -0.2) is 9.07 Å². The number of aryl methyl sites for hydroxylation is 2. The lowest BCUT2D eigenvalue weighted by Gasteiger charge is -2.38. The van der Waals surface area contributed by atoms with E-state index in [2.05, 4.69) is 39.5 Å². The topological polar surface area (TPSA) is 67.2 Å². The predicted octanol–water partition coefficient (Wildman–Crippen LogP) is 2.56. The summed E-state index contributed by atoms with van der Waals surface area (Å²) in [6.07, 6.45) is 0.406. The van der Waals surface area contributed by atoms with Crippen LogP contribution in [0.1, 0.15) is 23.0 Å². The fraction of sp³-hybridized carbons (Fsp3) is 0.364. The van der Waals surface area contributed by atoms with Gasteiger partial charge in [0.05, 0.1) is 0 Å². The molecular formula is C22H25FN6O. The second-order valence-corrected chi connectivity index (χ2v) is 7.62. The van der Waals surface area contributed by atoms with E-state index in [-0.39, 0.29) is 11.7 Å². The van der Waals surface area contributed by atoms with Gasteiger partial charge in [-0.15, -0.1) is 5.10 Å². The van der Waals surface area contributed by atoms with Gasteiger partial charge in [-0.3, -0.25) is 4.79 Å². The number of benzene rings is 2. The highest BCUT2D eigenvalue weighted by molar-refractivity contribution is 5.81. The lowest BCUT2D eigenvalue weighted by Crippen LogP contribution is -2.51. The molecule has 0 aliphatic carbocycles. The summed E-state index contributed by atoms with van der Waals surface area (Å²) >= 11 is 0. The first-order valence-electron chi connectivity index (χ1n) is 10.1. The molecule has 0 N–H and O–H groups in total. The van der Waals surface area contributed by atoms with Crippen LogP contribution in [0, 0.1) is 19.7 Å². The van der Waals surface area contributed by atoms with Crippen LogP contribution < -0.4 is 4.90 Å². The number of carbonyl (C=O) groups is 1.